The fourth-order valence-electron chi connectivity index (χ4n) is 2.23. The molecule has 0 bridgehead atoms. The Labute approximate surface area is 110 Å². The van der Waals surface area contributed by atoms with Crippen molar-refractivity contribution in [1.82, 2.24) is 9.88 Å². The van der Waals surface area contributed by atoms with Crippen LogP contribution in [0, 0.1) is 5.82 Å². The quantitative estimate of drug-likeness (QED) is 0.825. The fraction of sp³-hybridized carbons (Fsp3) is 0.357. The molecule has 0 N–H and O–H groups in total. The Morgan fingerprint density at radius 2 is 2.11 bits per heavy atom. The van der Waals surface area contributed by atoms with Crippen molar-refractivity contribution in [3.8, 4) is 10.6 Å². The topological polar surface area (TPSA) is 16.1 Å². The smallest absolute Gasteiger partial charge is 0.123 e. The number of hydrogen-bond donors (Lipinski definition) is 0. The predicted molar refractivity (Wildman–Crippen MR) is 72.2 cm³/mol. The third-order valence-electron chi connectivity index (χ3n) is 3.35. The molecular weight excluding hydrogens is 247 g/mol. The van der Waals surface area contributed by atoms with Crippen LogP contribution in [0.25, 0.3) is 10.6 Å². The molecule has 18 heavy (non-hydrogen) atoms. The lowest BCUT2D eigenvalue weighted by Gasteiger charge is -2.23. The summed E-state index contributed by atoms with van der Waals surface area (Å²) in [5, 5.41) is 1.01. The largest absolute Gasteiger partial charge is 0.298 e. The first-order chi connectivity index (χ1) is 8.76. The van der Waals surface area contributed by atoms with E-state index < -0.39 is 0 Å². The fourth-order valence-corrected chi connectivity index (χ4v) is 3.39. The summed E-state index contributed by atoms with van der Waals surface area (Å²) >= 11 is 1.74. The lowest BCUT2D eigenvalue weighted by atomic mass is 10.2. The average Bonchev–Trinajstić information content (AvgIpc) is 2.82. The zero-order valence-electron chi connectivity index (χ0n) is 10.3. The second kappa shape index (κ2) is 4.78. The highest BCUT2D eigenvalue weighted by Crippen LogP contribution is 2.31. The van der Waals surface area contributed by atoms with Gasteiger partial charge in [0.05, 0.1) is 5.69 Å². The van der Waals surface area contributed by atoms with Gasteiger partial charge in [-0.25, -0.2) is 9.37 Å². The van der Waals surface area contributed by atoms with Crippen LogP contribution in [0.3, 0.4) is 0 Å². The molecule has 4 heteroatoms. The molecular formula is C14H15FN2S. The highest BCUT2D eigenvalue weighted by Gasteiger charge is 2.19. The van der Waals surface area contributed by atoms with Crippen molar-refractivity contribution in [3.63, 3.8) is 0 Å². The van der Waals surface area contributed by atoms with Gasteiger partial charge in [-0.1, -0.05) is 6.92 Å². The van der Waals surface area contributed by atoms with Crippen LogP contribution in [-0.2, 0) is 13.0 Å². The van der Waals surface area contributed by atoms with Crippen LogP contribution in [0.15, 0.2) is 24.3 Å². The summed E-state index contributed by atoms with van der Waals surface area (Å²) in [6, 6.07) is 6.59. The molecule has 1 aromatic heterocycles. The molecule has 0 saturated carbocycles. The molecule has 2 nitrogen and oxygen atoms in total. The van der Waals surface area contributed by atoms with E-state index in [9.17, 15) is 4.39 Å². The van der Waals surface area contributed by atoms with Gasteiger partial charge in [-0.3, -0.25) is 4.90 Å². The van der Waals surface area contributed by atoms with Gasteiger partial charge in [-0.2, -0.15) is 0 Å². The summed E-state index contributed by atoms with van der Waals surface area (Å²) in [7, 11) is 0. The molecule has 1 aromatic carbocycles. The Hall–Kier alpha value is -1.26. The van der Waals surface area contributed by atoms with Gasteiger partial charge in [-0.05, 0) is 30.8 Å². The Morgan fingerprint density at radius 3 is 2.83 bits per heavy atom. The molecule has 3 rings (SSSR count). The number of hydrogen-bond acceptors (Lipinski definition) is 3. The molecule has 94 valence electrons. The van der Waals surface area contributed by atoms with Gasteiger partial charge in [0, 0.05) is 30.0 Å². The van der Waals surface area contributed by atoms with Gasteiger partial charge in [0.2, 0.25) is 0 Å². The molecule has 2 aromatic rings. The number of nitrogens with zero attached hydrogens (tertiary/aromatic N) is 2. The number of aromatic nitrogens is 1. The second-order valence-electron chi connectivity index (χ2n) is 4.51. The Kier molecular flexibility index (Phi) is 3.14. The van der Waals surface area contributed by atoms with E-state index in [1.807, 2.05) is 0 Å². The van der Waals surface area contributed by atoms with Gasteiger partial charge in [0.15, 0.2) is 0 Å². The van der Waals surface area contributed by atoms with Gasteiger partial charge in [0.25, 0.3) is 0 Å². The highest BCUT2D eigenvalue weighted by atomic mass is 32.1. The summed E-state index contributed by atoms with van der Waals surface area (Å²) < 4.78 is 12.9. The van der Waals surface area contributed by atoms with E-state index in [4.69, 9.17) is 0 Å². The van der Waals surface area contributed by atoms with Crippen molar-refractivity contribution in [3.05, 3.63) is 40.7 Å². The van der Waals surface area contributed by atoms with E-state index in [2.05, 4.69) is 16.8 Å². The maximum atomic E-state index is 12.9. The average molecular weight is 262 g/mol. The van der Waals surface area contributed by atoms with E-state index in [1.165, 1.54) is 22.7 Å². The van der Waals surface area contributed by atoms with E-state index in [-0.39, 0.29) is 5.82 Å². The van der Waals surface area contributed by atoms with Crippen molar-refractivity contribution < 1.29 is 4.39 Å². The van der Waals surface area contributed by atoms with Crippen LogP contribution >= 0.6 is 11.3 Å². The first kappa shape index (κ1) is 11.8. The SMILES string of the molecule is CCN1CCc2nc(-c3ccc(F)cc3)sc2C1. The minimum Gasteiger partial charge on any atom is -0.298 e. The molecule has 0 fully saturated rings. The number of benzene rings is 1. The van der Waals surface area contributed by atoms with Crippen molar-refractivity contribution >= 4 is 11.3 Å². The Morgan fingerprint density at radius 1 is 1.33 bits per heavy atom. The summed E-state index contributed by atoms with van der Waals surface area (Å²) in [4.78, 5) is 8.48. The summed E-state index contributed by atoms with van der Waals surface area (Å²) in [6.07, 6.45) is 1.03. The monoisotopic (exact) mass is 262 g/mol. The third-order valence-corrected chi connectivity index (χ3v) is 4.48. The second-order valence-corrected chi connectivity index (χ2v) is 5.60. The number of thiazole rings is 1. The van der Waals surface area contributed by atoms with Crippen LogP contribution in [0.1, 0.15) is 17.5 Å². The zero-order chi connectivity index (χ0) is 12.5. The van der Waals surface area contributed by atoms with Crippen molar-refractivity contribution in [2.75, 3.05) is 13.1 Å². The molecule has 0 radical (unpaired) electrons. The number of halogens is 1. The van der Waals surface area contributed by atoms with E-state index in [0.717, 1.165) is 36.6 Å². The normalized spacial score (nSPS) is 15.7. The predicted octanol–water partition coefficient (Wildman–Crippen LogP) is 3.33. The summed E-state index contributed by atoms with van der Waals surface area (Å²) in [5.74, 6) is -0.197. The van der Waals surface area contributed by atoms with Crippen LogP contribution in [0.5, 0.6) is 0 Å². The van der Waals surface area contributed by atoms with E-state index >= 15 is 0 Å². The van der Waals surface area contributed by atoms with E-state index in [0.29, 0.717) is 0 Å². The van der Waals surface area contributed by atoms with Gasteiger partial charge in [-0.15, -0.1) is 11.3 Å². The van der Waals surface area contributed by atoms with Gasteiger partial charge < -0.3 is 0 Å². The third kappa shape index (κ3) is 2.18. The number of rotatable bonds is 2. The first-order valence-corrected chi connectivity index (χ1v) is 7.05. The van der Waals surface area contributed by atoms with Crippen LogP contribution in [0.2, 0.25) is 0 Å². The molecule has 0 saturated heterocycles. The highest BCUT2D eigenvalue weighted by molar-refractivity contribution is 7.15. The molecule has 0 spiro atoms. The minimum atomic E-state index is -0.197. The molecule has 0 unspecified atom stereocenters. The van der Waals surface area contributed by atoms with Crippen molar-refractivity contribution in [2.24, 2.45) is 0 Å². The van der Waals surface area contributed by atoms with Crippen molar-refractivity contribution in [1.29, 1.82) is 0 Å². The van der Waals surface area contributed by atoms with Crippen LogP contribution in [0.4, 0.5) is 4.39 Å². The lowest BCUT2D eigenvalue weighted by Crippen LogP contribution is -2.29. The minimum absolute atomic E-state index is 0.197. The molecule has 1 aliphatic heterocycles. The number of fused-ring (bicyclic) bond motifs is 1. The lowest BCUT2D eigenvalue weighted by molar-refractivity contribution is 0.270. The Bertz CT molecular complexity index is 547. The maximum Gasteiger partial charge on any atom is 0.123 e. The maximum absolute atomic E-state index is 12.9. The molecule has 0 amide bonds. The summed E-state index contributed by atoms with van der Waals surface area (Å²) in [5.41, 5.74) is 2.24. The van der Waals surface area contributed by atoms with Gasteiger partial charge in [0.1, 0.15) is 10.8 Å². The first-order valence-electron chi connectivity index (χ1n) is 6.23. The molecule has 0 atom stereocenters. The molecule has 0 aliphatic carbocycles. The summed E-state index contributed by atoms with van der Waals surface area (Å²) in [6.45, 7) is 5.37. The van der Waals surface area contributed by atoms with Crippen LogP contribution in [-0.4, -0.2) is 23.0 Å². The standard InChI is InChI=1S/C14H15FN2S/c1-2-17-8-7-12-13(9-17)18-14(16-12)10-3-5-11(15)6-4-10/h3-6H,2,7-9H2,1H3. The number of likely N-dealkylation sites (N-methyl/N-ethyl adjacent to an activating group) is 1. The van der Waals surface area contributed by atoms with Gasteiger partial charge >= 0.3 is 0 Å². The van der Waals surface area contributed by atoms with E-state index in [1.54, 1.807) is 23.5 Å². The zero-order valence-corrected chi connectivity index (χ0v) is 11.1. The molecule has 2 heterocycles. The van der Waals surface area contributed by atoms with Crippen LogP contribution < -0.4 is 0 Å². The molecule has 1 aliphatic rings. The van der Waals surface area contributed by atoms with Crippen molar-refractivity contribution in [2.45, 2.75) is 19.9 Å². The Balaban J connectivity index is 1.91.